The van der Waals surface area contributed by atoms with Gasteiger partial charge in [0.05, 0.1) is 11.0 Å². The Morgan fingerprint density at radius 1 is 1.00 bits per heavy atom. The van der Waals surface area contributed by atoms with Gasteiger partial charge in [0.1, 0.15) is 12.4 Å². The maximum atomic E-state index is 12.4. The predicted octanol–water partition coefficient (Wildman–Crippen LogP) is 3.19. The highest BCUT2D eigenvalue weighted by atomic mass is 79.9. The summed E-state index contributed by atoms with van der Waals surface area (Å²) < 4.78 is 6.65. The van der Waals surface area contributed by atoms with Crippen LogP contribution >= 0.6 is 15.9 Å². The molecule has 0 unspecified atom stereocenters. The monoisotopic (exact) mass is 404 g/mol. The maximum absolute atomic E-state index is 12.4. The standard InChI is InChI=1S/C19H21BrN2O3/c1-21(2)18(23)12-22(3)19(24)15-10-8-14(9-11-15)13-25-17-7-5-4-6-16(17)20/h4-11H,12-13H2,1-3H3. The zero-order valence-corrected chi connectivity index (χ0v) is 16.1. The minimum atomic E-state index is -0.187. The lowest BCUT2D eigenvalue weighted by molar-refractivity contribution is -0.129. The van der Waals surface area contributed by atoms with E-state index in [2.05, 4.69) is 15.9 Å². The number of hydrogen-bond acceptors (Lipinski definition) is 3. The van der Waals surface area contributed by atoms with Gasteiger partial charge in [-0.3, -0.25) is 9.59 Å². The molecule has 0 N–H and O–H groups in total. The molecule has 2 amide bonds. The van der Waals surface area contributed by atoms with Crippen molar-refractivity contribution in [3.05, 3.63) is 64.1 Å². The van der Waals surface area contributed by atoms with Gasteiger partial charge in [0.25, 0.3) is 5.91 Å². The number of hydrogen-bond donors (Lipinski definition) is 0. The fourth-order valence-electron chi connectivity index (χ4n) is 2.10. The molecular formula is C19H21BrN2O3. The molecule has 0 aromatic heterocycles. The summed E-state index contributed by atoms with van der Waals surface area (Å²) in [5.41, 5.74) is 1.50. The Morgan fingerprint density at radius 3 is 2.24 bits per heavy atom. The van der Waals surface area contributed by atoms with Crippen LogP contribution in [0.25, 0.3) is 0 Å². The topological polar surface area (TPSA) is 49.9 Å². The Balaban J connectivity index is 1.96. The molecule has 25 heavy (non-hydrogen) atoms. The molecular weight excluding hydrogens is 384 g/mol. The normalized spacial score (nSPS) is 10.2. The Labute approximate surface area is 156 Å². The van der Waals surface area contributed by atoms with E-state index in [1.807, 2.05) is 36.4 Å². The van der Waals surface area contributed by atoms with Crippen molar-refractivity contribution in [2.75, 3.05) is 27.7 Å². The highest BCUT2D eigenvalue weighted by Crippen LogP contribution is 2.24. The molecule has 0 atom stereocenters. The van der Waals surface area contributed by atoms with E-state index < -0.39 is 0 Å². The van der Waals surface area contributed by atoms with E-state index in [0.717, 1.165) is 15.8 Å². The van der Waals surface area contributed by atoms with Crippen LogP contribution in [0.5, 0.6) is 5.75 Å². The molecule has 0 radical (unpaired) electrons. The lowest BCUT2D eigenvalue weighted by Gasteiger charge is -2.19. The summed E-state index contributed by atoms with van der Waals surface area (Å²) in [7, 11) is 4.95. The summed E-state index contributed by atoms with van der Waals surface area (Å²) in [5, 5.41) is 0. The van der Waals surface area contributed by atoms with Crippen molar-refractivity contribution in [1.29, 1.82) is 0 Å². The highest BCUT2D eigenvalue weighted by Gasteiger charge is 2.15. The average Bonchev–Trinajstić information content (AvgIpc) is 2.60. The molecule has 0 saturated carbocycles. The van der Waals surface area contributed by atoms with Crippen LogP contribution in [-0.4, -0.2) is 49.3 Å². The van der Waals surface area contributed by atoms with Crippen LogP contribution < -0.4 is 4.74 Å². The van der Waals surface area contributed by atoms with Crippen LogP contribution in [0.1, 0.15) is 15.9 Å². The Kier molecular flexibility index (Phi) is 6.58. The number of ether oxygens (including phenoxy) is 1. The Morgan fingerprint density at radius 2 is 1.64 bits per heavy atom. The highest BCUT2D eigenvalue weighted by molar-refractivity contribution is 9.10. The molecule has 0 aliphatic rings. The first kappa shape index (κ1) is 19.0. The van der Waals surface area contributed by atoms with E-state index in [4.69, 9.17) is 4.74 Å². The molecule has 0 heterocycles. The summed E-state index contributed by atoms with van der Waals surface area (Å²) in [4.78, 5) is 26.9. The largest absolute Gasteiger partial charge is 0.488 e. The van der Waals surface area contributed by atoms with Crippen LogP contribution in [0.4, 0.5) is 0 Å². The third-order valence-corrected chi connectivity index (χ3v) is 4.30. The van der Waals surface area contributed by atoms with Gasteiger partial charge in [-0.2, -0.15) is 0 Å². The molecule has 0 aliphatic carbocycles. The molecule has 0 bridgehead atoms. The summed E-state index contributed by atoms with van der Waals surface area (Å²) in [6.45, 7) is 0.463. The summed E-state index contributed by atoms with van der Waals surface area (Å²) in [6.07, 6.45) is 0. The fraction of sp³-hybridized carbons (Fsp3) is 0.263. The van der Waals surface area contributed by atoms with Gasteiger partial charge in [0.2, 0.25) is 5.91 Å². The molecule has 0 spiro atoms. The van der Waals surface area contributed by atoms with Gasteiger partial charge >= 0.3 is 0 Å². The molecule has 2 rings (SSSR count). The van der Waals surface area contributed by atoms with E-state index in [1.165, 1.54) is 9.80 Å². The first-order valence-corrected chi connectivity index (χ1v) is 8.59. The second-order valence-corrected chi connectivity index (χ2v) is 6.72. The van der Waals surface area contributed by atoms with E-state index in [9.17, 15) is 9.59 Å². The smallest absolute Gasteiger partial charge is 0.254 e. The van der Waals surface area contributed by atoms with Crippen molar-refractivity contribution in [2.45, 2.75) is 6.61 Å². The van der Waals surface area contributed by atoms with Crippen molar-refractivity contribution in [3.8, 4) is 5.75 Å². The Hall–Kier alpha value is -2.34. The molecule has 2 aromatic carbocycles. The lowest BCUT2D eigenvalue weighted by Crippen LogP contribution is -2.37. The molecule has 0 fully saturated rings. The number of halogens is 1. The summed E-state index contributed by atoms with van der Waals surface area (Å²) in [6, 6.07) is 14.8. The number of carbonyl (C=O) groups excluding carboxylic acids is 2. The van der Waals surface area contributed by atoms with Crippen LogP contribution in [-0.2, 0) is 11.4 Å². The van der Waals surface area contributed by atoms with Gasteiger partial charge < -0.3 is 14.5 Å². The van der Waals surface area contributed by atoms with Crippen LogP contribution in [0.2, 0.25) is 0 Å². The van der Waals surface area contributed by atoms with Gasteiger partial charge in [-0.15, -0.1) is 0 Å². The van der Waals surface area contributed by atoms with E-state index >= 15 is 0 Å². The number of para-hydroxylation sites is 1. The number of amides is 2. The van der Waals surface area contributed by atoms with Crippen LogP contribution in [0, 0.1) is 0 Å². The van der Waals surface area contributed by atoms with Gasteiger partial charge in [-0.05, 0) is 45.8 Å². The fourth-order valence-corrected chi connectivity index (χ4v) is 2.50. The maximum Gasteiger partial charge on any atom is 0.254 e. The SMILES string of the molecule is CN(C)C(=O)CN(C)C(=O)c1ccc(COc2ccccc2Br)cc1. The average molecular weight is 405 g/mol. The van der Waals surface area contributed by atoms with Gasteiger partial charge in [-0.25, -0.2) is 0 Å². The quantitative estimate of drug-likeness (QED) is 0.742. The molecule has 132 valence electrons. The second kappa shape index (κ2) is 8.67. The van der Waals surface area contributed by atoms with Crippen molar-refractivity contribution in [3.63, 3.8) is 0 Å². The van der Waals surface area contributed by atoms with E-state index in [0.29, 0.717) is 12.2 Å². The van der Waals surface area contributed by atoms with Crippen molar-refractivity contribution in [2.24, 2.45) is 0 Å². The third kappa shape index (κ3) is 5.32. The van der Waals surface area contributed by atoms with Gasteiger partial charge in [0.15, 0.2) is 0 Å². The number of rotatable bonds is 6. The third-order valence-electron chi connectivity index (χ3n) is 3.65. The first-order chi connectivity index (χ1) is 11.9. The number of carbonyl (C=O) groups is 2. The molecule has 5 nitrogen and oxygen atoms in total. The zero-order chi connectivity index (χ0) is 18.4. The number of benzene rings is 2. The molecule has 0 aliphatic heterocycles. The van der Waals surface area contributed by atoms with Gasteiger partial charge in [0, 0.05) is 26.7 Å². The second-order valence-electron chi connectivity index (χ2n) is 5.87. The van der Waals surface area contributed by atoms with Crippen molar-refractivity contribution < 1.29 is 14.3 Å². The molecule has 0 saturated heterocycles. The Bertz CT molecular complexity index is 745. The first-order valence-electron chi connectivity index (χ1n) is 7.80. The molecule has 6 heteroatoms. The van der Waals surface area contributed by atoms with E-state index in [-0.39, 0.29) is 18.4 Å². The van der Waals surface area contributed by atoms with Gasteiger partial charge in [-0.1, -0.05) is 24.3 Å². The number of nitrogens with zero attached hydrogens (tertiary/aromatic N) is 2. The minimum absolute atomic E-state index is 0.0543. The van der Waals surface area contributed by atoms with Crippen molar-refractivity contribution in [1.82, 2.24) is 9.80 Å². The summed E-state index contributed by atoms with van der Waals surface area (Å²) >= 11 is 3.44. The lowest BCUT2D eigenvalue weighted by atomic mass is 10.1. The predicted molar refractivity (Wildman–Crippen MR) is 101 cm³/mol. The zero-order valence-electron chi connectivity index (χ0n) is 14.5. The van der Waals surface area contributed by atoms with Crippen LogP contribution in [0.15, 0.2) is 53.0 Å². The minimum Gasteiger partial charge on any atom is -0.488 e. The number of likely N-dealkylation sites (N-methyl/N-ethyl adjacent to an activating group) is 2. The summed E-state index contributed by atoms with van der Waals surface area (Å²) in [5.74, 6) is 0.465. The molecule has 2 aromatic rings. The van der Waals surface area contributed by atoms with Crippen molar-refractivity contribution >= 4 is 27.7 Å². The van der Waals surface area contributed by atoms with Crippen LogP contribution in [0.3, 0.4) is 0 Å². The van der Waals surface area contributed by atoms with E-state index in [1.54, 1.807) is 33.3 Å².